The van der Waals surface area contributed by atoms with Crippen LogP contribution in [0, 0.1) is 0 Å². The van der Waals surface area contributed by atoms with Crippen molar-refractivity contribution in [3.63, 3.8) is 0 Å². The van der Waals surface area contributed by atoms with Crippen molar-refractivity contribution in [1.29, 1.82) is 0 Å². The second-order valence-corrected chi connectivity index (χ2v) is 6.04. The Morgan fingerprint density at radius 3 is 2.22 bits per heavy atom. The van der Waals surface area contributed by atoms with Crippen LogP contribution in [-0.4, -0.2) is 23.7 Å². The predicted molar refractivity (Wildman–Crippen MR) is 74.9 cm³/mol. The molecule has 0 atom stereocenters. The van der Waals surface area contributed by atoms with Gasteiger partial charge in [-0.2, -0.15) is 0 Å². The summed E-state index contributed by atoms with van der Waals surface area (Å²) in [6, 6.07) is 20.8. The van der Waals surface area contributed by atoms with Gasteiger partial charge in [0, 0.05) is 0 Å². The van der Waals surface area contributed by atoms with Crippen molar-refractivity contribution in [2.45, 2.75) is 0 Å². The fourth-order valence-corrected chi connectivity index (χ4v) is 3.55. The Bertz CT molecular complexity index is 617. The molecule has 0 fully saturated rings. The van der Waals surface area contributed by atoms with E-state index in [1.807, 2.05) is 30.5 Å². The van der Waals surface area contributed by atoms with Crippen molar-refractivity contribution < 1.29 is 0 Å². The first-order valence-electron chi connectivity index (χ1n) is 5.76. The number of benzene rings is 2. The molecule has 0 aliphatic rings. The van der Waals surface area contributed by atoms with Gasteiger partial charge in [0.15, 0.2) is 0 Å². The van der Waals surface area contributed by atoms with Gasteiger partial charge < -0.3 is 0 Å². The maximum absolute atomic E-state index is 4.46. The van der Waals surface area contributed by atoms with E-state index in [0.717, 1.165) is 5.82 Å². The normalized spacial score (nSPS) is 10.4. The Labute approximate surface area is 113 Å². The quantitative estimate of drug-likeness (QED) is 0.679. The average molecular weight is 299 g/mol. The first kappa shape index (κ1) is 11.3. The fourth-order valence-electron chi connectivity index (χ4n) is 1.75. The van der Waals surface area contributed by atoms with Crippen molar-refractivity contribution in [3.8, 4) is 11.4 Å². The average Bonchev–Trinajstić information content (AvgIpc) is 2.89. The van der Waals surface area contributed by atoms with E-state index >= 15 is 0 Å². The Morgan fingerprint density at radius 2 is 1.50 bits per heavy atom. The van der Waals surface area contributed by atoms with E-state index in [9.17, 15) is 0 Å². The zero-order valence-electron chi connectivity index (χ0n) is 9.73. The van der Waals surface area contributed by atoms with Crippen molar-refractivity contribution in [3.05, 3.63) is 73.1 Å². The molecular formula is C15H12N2Se. The van der Waals surface area contributed by atoms with Gasteiger partial charge >= 0.3 is 113 Å². The summed E-state index contributed by atoms with van der Waals surface area (Å²) in [6.45, 7) is 0. The zero-order valence-corrected chi connectivity index (χ0v) is 11.4. The maximum atomic E-state index is 4.46. The molecule has 0 unspecified atom stereocenters. The van der Waals surface area contributed by atoms with Gasteiger partial charge in [-0.3, -0.25) is 0 Å². The summed E-state index contributed by atoms with van der Waals surface area (Å²) in [5, 5.41) is 0. The van der Waals surface area contributed by atoms with Crippen LogP contribution < -0.4 is 4.46 Å². The molecule has 3 aromatic rings. The SMILES string of the molecule is c1ccc([Se]n2ccnc2-c2ccccc2)cc1. The molecule has 0 amide bonds. The molecule has 1 aromatic heterocycles. The summed E-state index contributed by atoms with van der Waals surface area (Å²) in [5.41, 5.74) is 1.17. The van der Waals surface area contributed by atoms with Crippen molar-refractivity contribution in [1.82, 2.24) is 8.57 Å². The topological polar surface area (TPSA) is 17.8 Å². The molecule has 0 radical (unpaired) electrons. The molecule has 18 heavy (non-hydrogen) atoms. The van der Waals surface area contributed by atoms with Crippen LogP contribution in [0.3, 0.4) is 0 Å². The minimum absolute atomic E-state index is 0.239. The fraction of sp³-hybridized carbons (Fsp3) is 0. The van der Waals surface area contributed by atoms with Crippen LogP contribution in [0.25, 0.3) is 11.4 Å². The first-order chi connectivity index (χ1) is 8.93. The summed E-state index contributed by atoms with van der Waals surface area (Å²) in [4.78, 5) is 4.46. The van der Waals surface area contributed by atoms with Gasteiger partial charge in [-0.15, -0.1) is 0 Å². The molecule has 1 heterocycles. The van der Waals surface area contributed by atoms with Crippen LogP contribution in [0.1, 0.15) is 0 Å². The number of hydrogen-bond acceptors (Lipinski definition) is 1. The molecule has 88 valence electrons. The number of imidazole rings is 1. The molecule has 0 N–H and O–H groups in total. The summed E-state index contributed by atoms with van der Waals surface area (Å²) < 4.78 is 3.58. The van der Waals surface area contributed by atoms with Gasteiger partial charge in [-0.05, 0) is 0 Å². The van der Waals surface area contributed by atoms with E-state index < -0.39 is 0 Å². The Morgan fingerprint density at radius 1 is 0.833 bits per heavy atom. The van der Waals surface area contributed by atoms with E-state index in [0.29, 0.717) is 0 Å². The van der Waals surface area contributed by atoms with Crippen LogP contribution in [0.15, 0.2) is 73.1 Å². The third kappa shape index (κ3) is 2.37. The van der Waals surface area contributed by atoms with E-state index in [2.05, 4.69) is 51.2 Å². The van der Waals surface area contributed by atoms with Gasteiger partial charge in [-0.25, -0.2) is 0 Å². The molecule has 0 saturated carbocycles. The van der Waals surface area contributed by atoms with E-state index in [-0.39, 0.29) is 15.2 Å². The van der Waals surface area contributed by atoms with E-state index in [1.54, 1.807) is 0 Å². The number of nitrogens with zero attached hydrogens (tertiary/aromatic N) is 2. The Kier molecular flexibility index (Phi) is 3.26. The number of hydrogen-bond donors (Lipinski definition) is 0. The molecule has 2 aromatic carbocycles. The van der Waals surface area contributed by atoms with Crippen molar-refractivity contribution in [2.24, 2.45) is 0 Å². The number of aromatic nitrogens is 2. The molecule has 0 spiro atoms. The summed E-state index contributed by atoms with van der Waals surface area (Å²) in [7, 11) is 0. The number of rotatable bonds is 3. The van der Waals surface area contributed by atoms with Crippen LogP contribution >= 0.6 is 0 Å². The van der Waals surface area contributed by atoms with Crippen molar-refractivity contribution in [2.75, 3.05) is 0 Å². The Hall–Kier alpha value is -1.83. The van der Waals surface area contributed by atoms with Gasteiger partial charge in [-0.1, -0.05) is 0 Å². The summed E-state index contributed by atoms with van der Waals surface area (Å²) in [6.07, 6.45) is 3.92. The zero-order chi connectivity index (χ0) is 12.2. The monoisotopic (exact) mass is 300 g/mol. The minimum atomic E-state index is 0.239. The first-order valence-corrected chi connectivity index (χ1v) is 7.38. The van der Waals surface area contributed by atoms with Crippen LogP contribution in [0.5, 0.6) is 0 Å². The Balaban J connectivity index is 1.93. The molecule has 0 aliphatic heterocycles. The second-order valence-electron chi connectivity index (χ2n) is 3.85. The van der Waals surface area contributed by atoms with E-state index in [4.69, 9.17) is 0 Å². The molecule has 0 bridgehead atoms. The predicted octanol–water partition coefficient (Wildman–Crippen LogP) is 2.34. The van der Waals surface area contributed by atoms with E-state index in [1.165, 1.54) is 10.0 Å². The molecule has 3 rings (SSSR count). The van der Waals surface area contributed by atoms with Crippen LogP contribution in [0.4, 0.5) is 0 Å². The third-order valence-electron chi connectivity index (χ3n) is 2.59. The van der Waals surface area contributed by atoms with Crippen LogP contribution in [0.2, 0.25) is 0 Å². The summed E-state index contributed by atoms with van der Waals surface area (Å²) >= 11 is 0.239. The van der Waals surface area contributed by atoms with Gasteiger partial charge in [0.1, 0.15) is 0 Å². The molecule has 0 aliphatic carbocycles. The molecule has 0 saturated heterocycles. The third-order valence-corrected chi connectivity index (χ3v) is 4.63. The molecule has 2 nitrogen and oxygen atoms in total. The second kappa shape index (κ2) is 5.21. The van der Waals surface area contributed by atoms with Gasteiger partial charge in [0.25, 0.3) is 0 Å². The molecule has 3 heteroatoms. The molecular weight excluding hydrogens is 287 g/mol. The van der Waals surface area contributed by atoms with Gasteiger partial charge in [0.05, 0.1) is 0 Å². The van der Waals surface area contributed by atoms with Crippen LogP contribution in [-0.2, 0) is 0 Å². The van der Waals surface area contributed by atoms with Gasteiger partial charge in [0.2, 0.25) is 0 Å². The standard InChI is InChI=1S/C15H12N2Se/c1-3-7-13(8-4-1)15-16-11-12-17(15)18-14-9-5-2-6-10-14/h1-12H. The van der Waals surface area contributed by atoms with Crippen molar-refractivity contribution >= 4 is 19.6 Å². The summed E-state index contributed by atoms with van der Waals surface area (Å²) in [5.74, 6) is 1.04.